The second kappa shape index (κ2) is 3.79. The van der Waals surface area contributed by atoms with Crippen molar-refractivity contribution in [2.75, 3.05) is 0 Å². The monoisotopic (exact) mass is 494 g/mol. The van der Waals surface area contributed by atoms with Gasteiger partial charge in [0.15, 0.2) is 0 Å². The van der Waals surface area contributed by atoms with Gasteiger partial charge in [-0.1, -0.05) is 63.7 Å². The zero-order chi connectivity index (χ0) is 13.3. The molecule has 0 spiro atoms. The lowest BCUT2D eigenvalue weighted by molar-refractivity contribution is -0.166. The molecule has 0 unspecified atom stereocenters. The average molecular weight is 498 g/mol. The van der Waals surface area contributed by atoms with E-state index in [0.717, 1.165) is 0 Å². The number of carbonyl (C=O) groups excluding carboxylic acids is 2. The van der Waals surface area contributed by atoms with Crippen molar-refractivity contribution in [3.05, 3.63) is 0 Å². The summed E-state index contributed by atoms with van der Waals surface area (Å²) in [6, 6.07) is 0. The molecule has 2 rings (SSSR count). The van der Waals surface area contributed by atoms with Crippen molar-refractivity contribution in [3.8, 4) is 0 Å². The number of hydrogen-bond acceptors (Lipinski definition) is 3. The molecule has 2 aliphatic carbocycles. The standard InChI is InChI=1S/C10H10Br4O3/c1-7(3-9(7,11)12)5(15)17-6(16)8(2)4-10(8,13)14/h3-4H2,1-2H3/t7-,8-/m1/s1. The molecule has 0 aliphatic heterocycles. The predicted molar refractivity (Wildman–Crippen MR) is 77.7 cm³/mol. The van der Waals surface area contributed by atoms with Gasteiger partial charge >= 0.3 is 11.9 Å². The molecule has 7 heteroatoms. The van der Waals surface area contributed by atoms with Crippen molar-refractivity contribution in [2.24, 2.45) is 10.8 Å². The first kappa shape index (κ1) is 14.5. The number of rotatable bonds is 2. The third-order valence-electron chi connectivity index (χ3n) is 3.60. The van der Waals surface area contributed by atoms with E-state index in [1.807, 2.05) is 0 Å². The van der Waals surface area contributed by atoms with Crippen LogP contribution in [0.3, 0.4) is 0 Å². The zero-order valence-electron chi connectivity index (χ0n) is 9.15. The predicted octanol–water partition coefficient (Wildman–Crippen LogP) is 3.85. The number of hydrogen-bond donors (Lipinski definition) is 0. The van der Waals surface area contributed by atoms with Crippen LogP contribution in [0.25, 0.3) is 0 Å². The van der Waals surface area contributed by atoms with E-state index in [1.54, 1.807) is 13.8 Å². The van der Waals surface area contributed by atoms with E-state index in [1.165, 1.54) is 0 Å². The molecule has 0 radical (unpaired) electrons. The van der Waals surface area contributed by atoms with E-state index in [4.69, 9.17) is 4.74 Å². The van der Waals surface area contributed by atoms with E-state index < -0.39 is 29.2 Å². The lowest BCUT2D eigenvalue weighted by Crippen LogP contribution is -2.29. The normalized spacial score (nSPS) is 40.6. The third-order valence-corrected chi connectivity index (χ3v) is 8.22. The van der Waals surface area contributed by atoms with Gasteiger partial charge in [-0.2, -0.15) is 0 Å². The summed E-state index contributed by atoms with van der Waals surface area (Å²) in [5.41, 5.74) is -1.34. The van der Waals surface area contributed by atoms with Crippen LogP contribution in [-0.2, 0) is 14.3 Å². The largest absolute Gasteiger partial charge is 0.392 e. The number of ether oxygens (including phenoxy) is 1. The Hall–Kier alpha value is 1.06. The van der Waals surface area contributed by atoms with Gasteiger partial charge in [0.25, 0.3) is 0 Å². The van der Waals surface area contributed by atoms with Crippen LogP contribution in [0.2, 0.25) is 0 Å². The smallest absolute Gasteiger partial charge is 0.321 e. The SMILES string of the molecule is C[C@]1(C(=O)OC(=O)[C@@]2(C)CC2(Br)Br)CC1(Br)Br. The lowest BCUT2D eigenvalue weighted by atomic mass is 10.1. The summed E-state index contributed by atoms with van der Waals surface area (Å²) in [6.45, 7) is 3.52. The van der Waals surface area contributed by atoms with Crippen LogP contribution in [0.5, 0.6) is 0 Å². The van der Waals surface area contributed by atoms with Crippen molar-refractivity contribution in [1.82, 2.24) is 0 Å². The highest BCUT2D eigenvalue weighted by Crippen LogP contribution is 2.69. The van der Waals surface area contributed by atoms with Crippen LogP contribution in [0.15, 0.2) is 0 Å². The summed E-state index contributed by atoms with van der Waals surface area (Å²) in [7, 11) is 0. The molecule has 0 aromatic heterocycles. The highest BCUT2D eigenvalue weighted by atomic mass is 79.9. The molecule has 0 amide bonds. The van der Waals surface area contributed by atoms with Crippen LogP contribution in [0, 0.1) is 10.8 Å². The Morgan fingerprint density at radius 1 is 0.882 bits per heavy atom. The van der Waals surface area contributed by atoms with Crippen molar-refractivity contribution < 1.29 is 14.3 Å². The van der Waals surface area contributed by atoms with Gasteiger partial charge in [0, 0.05) is 0 Å². The fourth-order valence-corrected chi connectivity index (χ4v) is 4.44. The summed E-state index contributed by atoms with van der Waals surface area (Å²) >= 11 is 13.5. The van der Waals surface area contributed by atoms with Crippen LogP contribution in [-0.4, -0.2) is 18.4 Å². The van der Waals surface area contributed by atoms with Gasteiger partial charge in [-0.05, 0) is 26.7 Å². The van der Waals surface area contributed by atoms with E-state index in [9.17, 15) is 9.59 Å². The Kier molecular flexibility index (Phi) is 3.23. The molecule has 2 aliphatic rings. The van der Waals surface area contributed by atoms with E-state index in [-0.39, 0.29) is 0 Å². The first-order chi connectivity index (χ1) is 7.46. The second-order valence-corrected chi connectivity index (χ2v) is 12.6. The van der Waals surface area contributed by atoms with E-state index >= 15 is 0 Å². The first-order valence-electron chi connectivity index (χ1n) is 4.99. The Balaban J connectivity index is 2.01. The van der Waals surface area contributed by atoms with E-state index in [2.05, 4.69) is 63.7 Å². The Bertz CT molecular complexity index is 382. The summed E-state index contributed by atoms with van der Waals surface area (Å²) in [5.74, 6) is -0.972. The van der Waals surface area contributed by atoms with Gasteiger partial charge in [-0.25, -0.2) is 0 Å². The molecule has 2 fully saturated rings. The molecule has 0 aromatic carbocycles. The Morgan fingerprint density at radius 3 is 1.29 bits per heavy atom. The summed E-state index contributed by atoms with van der Waals surface area (Å²) in [6.07, 6.45) is 1.22. The lowest BCUT2D eigenvalue weighted by Gasteiger charge is -2.14. The average Bonchev–Trinajstić information content (AvgIpc) is 2.85. The molecule has 2 atom stereocenters. The van der Waals surface area contributed by atoms with Crippen LogP contribution in [0.1, 0.15) is 26.7 Å². The Labute approximate surface area is 133 Å². The van der Waals surface area contributed by atoms with Gasteiger partial charge < -0.3 is 4.74 Å². The quantitative estimate of drug-likeness (QED) is 0.331. The highest BCUT2D eigenvalue weighted by molar-refractivity contribution is 9.26. The molecule has 0 saturated heterocycles. The summed E-state index contributed by atoms with van der Waals surface area (Å²) in [4.78, 5) is 23.8. The van der Waals surface area contributed by atoms with Gasteiger partial charge in [0.1, 0.15) is 0 Å². The molecule has 2 saturated carbocycles. The number of halogens is 4. The highest BCUT2D eigenvalue weighted by Gasteiger charge is 2.71. The van der Waals surface area contributed by atoms with Crippen molar-refractivity contribution >= 4 is 75.7 Å². The minimum Gasteiger partial charge on any atom is -0.392 e. The van der Waals surface area contributed by atoms with Crippen molar-refractivity contribution in [3.63, 3.8) is 0 Å². The fraction of sp³-hybridized carbons (Fsp3) is 0.800. The van der Waals surface area contributed by atoms with Crippen LogP contribution in [0.4, 0.5) is 0 Å². The molecule has 3 nitrogen and oxygen atoms in total. The molecular formula is C10H10Br4O3. The van der Waals surface area contributed by atoms with Crippen molar-refractivity contribution in [1.29, 1.82) is 0 Å². The first-order valence-corrected chi connectivity index (χ1v) is 8.16. The molecule has 0 bridgehead atoms. The number of carbonyl (C=O) groups is 2. The van der Waals surface area contributed by atoms with Gasteiger partial charge in [0.2, 0.25) is 0 Å². The maximum Gasteiger partial charge on any atom is 0.321 e. The van der Waals surface area contributed by atoms with Gasteiger partial charge in [-0.15, -0.1) is 0 Å². The van der Waals surface area contributed by atoms with E-state index in [0.29, 0.717) is 12.8 Å². The van der Waals surface area contributed by atoms with Crippen LogP contribution >= 0.6 is 63.7 Å². The summed E-state index contributed by atoms with van der Waals surface area (Å²) < 4.78 is 4.11. The minimum absolute atomic E-state index is 0.436. The molecular weight excluding hydrogens is 488 g/mol. The second-order valence-electron chi connectivity index (χ2n) is 5.10. The minimum atomic E-state index is -0.671. The van der Waals surface area contributed by atoms with Crippen molar-refractivity contribution in [2.45, 2.75) is 33.2 Å². The third kappa shape index (κ3) is 2.09. The number of alkyl halides is 4. The molecule has 0 aromatic rings. The van der Waals surface area contributed by atoms with Gasteiger partial charge in [0.05, 0.1) is 17.3 Å². The van der Waals surface area contributed by atoms with Crippen LogP contribution < -0.4 is 0 Å². The maximum atomic E-state index is 11.9. The Morgan fingerprint density at radius 2 is 1.12 bits per heavy atom. The fourth-order valence-electron chi connectivity index (χ4n) is 1.55. The summed E-state index contributed by atoms with van der Waals surface area (Å²) in [5, 5.41) is 0. The molecule has 0 N–H and O–H groups in total. The zero-order valence-corrected chi connectivity index (χ0v) is 15.5. The molecule has 96 valence electrons. The topological polar surface area (TPSA) is 43.4 Å². The maximum absolute atomic E-state index is 11.9. The molecule has 0 heterocycles. The number of esters is 2. The van der Waals surface area contributed by atoms with Gasteiger partial charge in [-0.3, -0.25) is 9.59 Å². The molecule has 17 heavy (non-hydrogen) atoms.